The van der Waals surface area contributed by atoms with Gasteiger partial charge in [-0.15, -0.1) is 0 Å². The van der Waals surface area contributed by atoms with Crippen LogP contribution in [0.3, 0.4) is 0 Å². The van der Waals surface area contributed by atoms with Crippen molar-refractivity contribution < 1.29 is 14.3 Å². The van der Waals surface area contributed by atoms with Crippen LogP contribution in [0.2, 0.25) is 5.02 Å². The molecule has 0 aliphatic carbocycles. The van der Waals surface area contributed by atoms with E-state index in [4.69, 9.17) is 11.6 Å². The standard InChI is InChI=1S/C20H21ClN2O3/c1-26-20(25)17-7-5-16(6-8-17)19(24)23-11-9-22(10-12-23)14-15-3-2-4-18(21)13-15/h2-8,13H,9-12,14H2,1H3. The molecule has 26 heavy (non-hydrogen) atoms. The predicted molar refractivity (Wildman–Crippen MR) is 100 cm³/mol. The van der Waals surface area contributed by atoms with Crippen molar-refractivity contribution >= 4 is 23.5 Å². The van der Waals surface area contributed by atoms with E-state index >= 15 is 0 Å². The van der Waals surface area contributed by atoms with Crippen LogP contribution in [0.25, 0.3) is 0 Å². The summed E-state index contributed by atoms with van der Waals surface area (Å²) in [5.74, 6) is -0.414. The minimum absolute atomic E-state index is 0.0104. The average Bonchev–Trinajstić information content (AvgIpc) is 2.67. The van der Waals surface area contributed by atoms with Gasteiger partial charge in [-0.1, -0.05) is 23.7 Å². The van der Waals surface area contributed by atoms with Gasteiger partial charge < -0.3 is 9.64 Å². The molecule has 3 rings (SSSR count). The molecule has 1 fully saturated rings. The maximum atomic E-state index is 12.6. The minimum atomic E-state index is -0.404. The van der Waals surface area contributed by atoms with E-state index in [1.54, 1.807) is 24.3 Å². The first-order chi connectivity index (χ1) is 12.6. The Hall–Kier alpha value is -2.37. The maximum absolute atomic E-state index is 12.6. The number of hydrogen-bond acceptors (Lipinski definition) is 4. The highest BCUT2D eigenvalue weighted by Crippen LogP contribution is 2.15. The minimum Gasteiger partial charge on any atom is -0.465 e. The van der Waals surface area contributed by atoms with Crippen LogP contribution in [0.5, 0.6) is 0 Å². The molecule has 1 saturated heterocycles. The monoisotopic (exact) mass is 372 g/mol. The fourth-order valence-corrected chi connectivity index (χ4v) is 3.26. The number of carbonyl (C=O) groups is 2. The number of carbonyl (C=O) groups excluding carboxylic acids is 2. The highest BCUT2D eigenvalue weighted by atomic mass is 35.5. The SMILES string of the molecule is COC(=O)c1ccc(C(=O)N2CCN(Cc3cccc(Cl)c3)CC2)cc1. The molecule has 0 N–H and O–H groups in total. The van der Waals surface area contributed by atoms with Gasteiger partial charge in [0.15, 0.2) is 0 Å². The van der Waals surface area contributed by atoms with Crippen LogP contribution in [0.4, 0.5) is 0 Å². The molecular weight excluding hydrogens is 352 g/mol. The molecule has 1 aliphatic rings. The summed E-state index contributed by atoms with van der Waals surface area (Å²) in [4.78, 5) is 28.3. The summed E-state index contributed by atoms with van der Waals surface area (Å²) in [5.41, 5.74) is 2.20. The first kappa shape index (κ1) is 18.4. The number of piperazine rings is 1. The van der Waals surface area contributed by atoms with Crippen molar-refractivity contribution in [1.82, 2.24) is 9.80 Å². The Bertz CT molecular complexity index is 784. The van der Waals surface area contributed by atoms with Crippen molar-refractivity contribution in [1.29, 1.82) is 0 Å². The van der Waals surface area contributed by atoms with Crippen molar-refractivity contribution in [3.05, 3.63) is 70.2 Å². The molecule has 6 heteroatoms. The van der Waals surface area contributed by atoms with E-state index in [9.17, 15) is 9.59 Å². The van der Waals surface area contributed by atoms with E-state index in [2.05, 4.69) is 15.7 Å². The number of rotatable bonds is 4. The van der Waals surface area contributed by atoms with E-state index in [1.165, 1.54) is 12.7 Å². The first-order valence-electron chi connectivity index (χ1n) is 8.51. The number of ether oxygens (including phenoxy) is 1. The zero-order chi connectivity index (χ0) is 18.5. The molecule has 0 aromatic heterocycles. The fourth-order valence-electron chi connectivity index (χ4n) is 3.05. The van der Waals surface area contributed by atoms with Gasteiger partial charge in [0.25, 0.3) is 5.91 Å². The third kappa shape index (κ3) is 4.42. The molecule has 0 spiro atoms. The average molecular weight is 373 g/mol. The molecule has 1 amide bonds. The van der Waals surface area contributed by atoms with Crippen LogP contribution in [-0.2, 0) is 11.3 Å². The molecule has 1 aliphatic heterocycles. The van der Waals surface area contributed by atoms with Crippen LogP contribution in [0.1, 0.15) is 26.3 Å². The number of halogens is 1. The second-order valence-electron chi connectivity index (χ2n) is 6.27. The van der Waals surface area contributed by atoms with E-state index in [1.807, 2.05) is 23.1 Å². The van der Waals surface area contributed by atoms with E-state index in [0.717, 1.165) is 24.7 Å². The summed E-state index contributed by atoms with van der Waals surface area (Å²) >= 11 is 6.03. The van der Waals surface area contributed by atoms with Crippen molar-refractivity contribution in [2.24, 2.45) is 0 Å². The van der Waals surface area contributed by atoms with E-state index in [-0.39, 0.29) is 5.91 Å². The van der Waals surface area contributed by atoms with Crippen LogP contribution in [-0.4, -0.2) is 55.0 Å². The van der Waals surface area contributed by atoms with Gasteiger partial charge in [0, 0.05) is 43.3 Å². The van der Waals surface area contributed by atoms with Crippen LogP contribution in [0.15, 0.2) is 48.5 Å². The lowest BCUT2D eigenvalue weighted by Crippen LogP contribution is -2.48. The molecule has 0 saturated carbocycles. The quantitative estimate of drug-likeness (QED) is 0.774. The summed E-state index contributed by atoms with van der Waals surface area (Å²) in [6, 6.07) is 14.4. The highest BCUT2D eigenvalue weighted by molar-refractivity contribution is 6.30. The van der Waals surface area contributed by atoms with E-state index < -0.39 is 5.97 Å². The molecular formula is C20H21ClN2O3. The third-order valence-electron chi connectivity index (χ3n) is 4.51. The molecule has 0 unspecified atom stereocenters. The van der Waals surface area contributed by atoms with Gasteiger partial charge in [0.1, 0.15) is 0 Å². The van der Waals surface area contributed by atoms with Gasteiger partial charge in [-0.05, 0) is 42.0 Å². The number of methoxy groups -OCH3 is 1. The topological polar surface area (TPSA) is 49.9 Å². The van der Waals surface area contributed by atoms with Crippen molar-refractivity contribution in [3.8, 4) is 0 Å². The van der Waals surface area contributed by atoms with Gasteiger partial charge in [0.05, 0.1) is 12.7 Å². The summed E-state index contributed by atoms with van der Waals surface area (Å²) in [6.07, 6.45) is 0. The highest BCUT2D eigenvalue weighted by Gasteiger charge is 2.22. The zero-order valence-electron chi connectivity index (χ0n) is 14.7. The number of hydrogen-bond donors (Lipinski definition) is 0. The first-order valence-corrected chi connectivity index (χ1v) is 8.89. The number of amides is 1. The summed E-state index contributed by atoms with van der Waals surface area (Å²) < 4.78 is 4.67. The van der Waals surface area contributed by atoms with Gasteiger partial charge >= 0.3 is 5.97 Å². The fraction of sp³-hybridized carbons (Fsp3) is 0.300. The Morgan fingerprint density at radius 1 is 1.00 bits per heavy atom. The Morgan fingerprint density at radius 2 is 1.65 bits per heavy atom. The molecule has 0 atom stereocenters. The molecule has 136 valence electrons. The molecule has 0 bridgehead atoms. The molecule has 2 aromatic rings. The lowest BCUT2D eigenvalue weighted by atomic mass is 10.1. The predicted octanol–water partition coefficient (Wildman–Crippen LogP) is 3.08. The second-order valence-corrected chi connectivity index (χ2v) is 6.70. The van der Waals surface area contributed by atoms with Gasteiger partial charge in [-0.2, -0.15) is 0 Å². The number of benzene rings is 2. The Balaban J connectivity index is 1.55. The van der Waals surface area contributed by atoms with Crippen LogP contribution in [0, 0.1) is 0 Å². The lowest BCUT2D eigenvalue weighted by molar-refractivity contribution is 0.0596. The third-order valence-corrected chi connectivity index (χ3v) is 4.74. The number of esters is 1. The zero-order valence-corrected chi connectivity index (χ0v) is 15.4. The molecule has 1 heterocycles. The number of nitrogens with zero attached hydrogens (tertiary/aromatic N) is 2. The smallest absolute Gasteiger partial charge is 0.337 e. The second kappa shape index (κ2) is 8.34. The Morgan fingerprint density at radius 3 is 2.27 bits per heavy atom. The molecule has 2 aromatic carbocycles. The summed E-state index contributed by atoms with van der Waals surface area (Å²) in [7, 11) is 1.34. The Kier molecular flexibility index (Phi) is 5.91. The van der Waals surface area contributed by atoms with Gasteiger partial charge in [-0.25, -0.2) is 4.79 Å². The van der Waals surface area contributed by atoms with Crippen LogP contribution >= 0.6 is 11.6 Å². The Labute approximate surface area is 158 Å². The van der Waals surface area contributed by atoms with Gasteiger partial charge in [-0.3, -0.25) is 9.69 Å². The largest absolute Gasteiger partial charge is 0.465 e. The van der Waals surface area contributed by atoms with Crippen LogP contribution < -0.4 is 0 Å². The summed E-state index contributed by atoms with van der Waals surface area (Å²) in [5, 5.41) is 0.742. The lowest BCUT2D eigenvalue weighted by Gasteiger charge is -2.34. The van der Waals surface area contributed by atoms with Gasteiger partial charge in [0.2, 0.25) is 0 Å². The van der Waals surface area contributed by atoms with Crippen molar-refractivity contribution in [2.45, 2.75) is 6.54 Å². The van der Waals surface area contributed by atoms with E-state index in [0.29, 0.717) is 24.2 Å². The molecule has 0 radical (unpaired) electrons. The maximum Gasteiger partial charge on any atom is 0.337 e. The normalized spacial score (nSPS) is 14.9. The summed E-state index contributed by atoms with van der Waals surface area (Å²) in [6.45, 7) is 3.82. The van der Waals surface area contributed by atoms with Crippen molar-refractivity contribution in [3.63, 3.8) is 0 Å². The van der Waals surface area contributed by atoms with Crippen molar-refractivity contribution in [2.75, 3.05) is 33.3 Å². The molecule has 5 nitrogen and oxygen atoms in total.